The average Bonchev–Trinajstić information content (AvgIpc) is 2.88. The zero-order valence-electron chi connectivity index (χ0n) is 11.5. The SMILES string of the molecule is Cc1nccnc1C(C)NCCCN1CCCC1. The van der Waals surface area contributed by atoms with Gasteiger partial charge >= 0.3 is 0 Å². The monoisotopic (exact) mass is 248 g/mol. The molecule has 1 aromatic rings. The van der Waals surface area contributed by atoms with Gasteiger partial charge in [0, 0.05) is 18.4 Å². The third-order valence-corrected chi connectivity index (χ3v) is 3.63. The number of aromatic nitrogens is 2. The van der Waals surface area contributed by atoms with Gasteiger partial charge in [-0.15, -0.1) is 0 Å². The number of hydrogen-bond donors (Lipinski definition) is 1. The number of nitrogens with zero attached hydrogens (tertiary/aromatic N) is 3. The summed E-state index contributed by atoms with van der Waals surface area (Å²) in [4.78, 5) is 11.2. The minimum Gasteiger partial charge on any atom is -0.309 e. The largest absolute Gasteiger partial charge is 0.309 e. The summed E-state index contributed by atoms with van der Waals surface area (Å²) in [7, 11) is 0. The lowest BCUT2D eigenvalue weighted by Crippen LogP contribution is -2.27. The first-order valence-corrected chi connectivity index (χ1v) is 7.00. The van der Waals surface area contributed by atoms with E-state index < -0.39 is 0 Å². The standard InChI is InChI=1S/C14H24N4/c1-12(14-13(2)16-7-8-17-14)15-6-5-11-18-9-3-4-10-18/h7-8,12,15H,3-6,9-11H2,1-2H3. The second-order valence-corrected chi connectivity index (χ2v) is 5.11. The molecule has 2 rings (SSSR count). The molecule has 1 atom stereocenters. The molecule has 4 nitrogen and oxygen atoms in total. The van der Waals surface area contributed by atoms with Crippen LogP contribution in [0.5, 0.6) is 0 Å². The first-order chi connectivity index (χ1) is 8.77. The van der Waals surface area contributed by atoms with E-state index in [2.05, 4.69) is 27.1 Å². The molecule has 1 fully saturated rings. The molecule has 0 saturated carbocycles. The van der Waals surface area contributed by atoms with Gasteiger partial charge in [-0.1, -0.05) is 0 Å². The van der Waals surface area contributed by atoms with Crippen molar-refractivity contribution in [3.63, 3.8) is 0 Å². The second-order valence-electron chi connectivity index (χ2n) is 5.11. The van der Waals surface area contributed by atoms with Gasteiger partial charge in [-0.2, -0.15) is 0 Å². The smallest absolute Gasteiger partial charge is 0.0782 e. The number of likely N-dealkylation sites (tertiary alicyclic amines) is 1. The lowest BCUT2D eigenvalue weighted by molar-refractivity contribution is 0.328. The van der Waals surface area contributed by atoms with Crippen LogP contribution in [-0.4, -0.2) is 41.0 Å². The molecule has 1 aliphatic rings. The number of rotatable bonds is 6. The van der Waals surface area contributed by atoms with Crippen LogP contribution < -0.4 is 5.32 Å². The highest BCUT2D eigenvalue weighted by atomic mass is 15.1. The first kappa shape index (κ1) is 13.4. The summed E-state index contributed by atoms with van der Waals surface area (Å²) in [5.74, 6) is 0. The maximum Gasteiger partial charge on any atom is 0.0782 e. The Bertz CT molecular complexity index is 361. The van der Waals surface area contributed by atoms with Gasteiger partial charge in [0.15, 0.2) is 0 Å². The van der Waals surface area contributed by atoms with E-state index in [0.717, 1.165) is 17.9 Å². The molecule has 0 radical (unpaired) electrons. The van der Waals surface area contributed by atoms with Crippen LogP contribution in [0.1, 0.15) is 43.6 Å². The van der Waals surface area contributed by atoms with Crippen LogP contribution in [0.25, 0.3) is 0 Å². The van der Waals surface area contributed by atoms with Crippen LogP contribution in [0.4, 0.5) is 0 Å². The van der Waals surface area contributed by atoms with Crippen LogP contribution in [0.2, 0.25) is 0 Å². The average molecular weight is 248 g/mol. The van der Waals surface area contributed by atoms with Crippen LogP contribution in [0, 0.1) is 6.92 Å². The molecule has 1 aromatic heterocycles. The minimum atomic E-state index is 0.289. The van der Waals surface area contributed by atoms with Gasteiger partial charge in [0.1, 0.15) is 0 Å². The Labute approximate surface area is 110 Å². The highest BCUT2D eigenvalue weighted by molar-refractivity contribution is 5.12. The molecule has 0 aromatic carbocycles. The summed E-state index contributed by atoms with van der Waals surface area (Å²) in [6.45, 7) is 9.03. The predicted octanol–water partition coefficient (Wildman–Crippen LogP) is 1.92. The van der Waals surface area contributed by atoms with Gasteiger partial charge < -0.3 is 10.2 Å². The Morgan fingerprint density at radius 2 is 2.00 bits per heavy atom. The molecule has 1 aliphatic heterocycles. The summed E-state index contributed by atoms with van der Waals surface area (Å²) in [5.41, 5.74) is 2.09. The molecular formula is C14H24N4. The zero-order valence-corrected chi connectivity index (χ0v) is 11.5. The van der Waals surface area contributed by atoms with Crippen molar-refractivity contribution < 1.29 is 0 Å². The third-order valence-electron chi connectivity index (χ3n) is 3.63. The fourth-order valence-electron chi connectivity index (χ4n) is 2.57. The van der Waals surface area contributed by atoms with Crippen molar-refractivity contribution in [1.29, 1.82) is 0 Å². The highest BCUT2D eigenvalue weighted by Gasteiger charge is 2.12. The molecule has 1 saturated heterocycles. The topological polar surface area (TPSA) is 41.1 Å². The summed E-state index contributed by atoms with van der Waals surface area (Å²) in [6, 6.07) is 0.289. The van der Waals surface area contributed by atoms with Crippen molar-refractivity contribution in [2.45, 2.75) is 39.2 Å². The highest BCUT2D eigenvalue weighted by Crippen LogP contribution is 2.12. The molecule has 1 unspecified atom stereocenters. The van der Waals surface area contributed by atoms with Crippen molar-refractivity contribution in [1.82, 2.24) is 20.2 Å². The normalized spacial score (nSPS) is 18.1. The van der Waals surface area contributed by atoms with Gasteiger partial charge in [0.25, 0.3) is 0 Å². The van der Waals surface area contributed by atoms with Gasteiger partial charge in [0.05, 0.1) is 11.4 Å². The van der Waals surface area contributed by atoms with Gasteiger partial charge in [-0.05, 0) is 59.3 Å². The predicted molar refractivity (Wildman–Crippen MR) is 73.5 cm³/mol. The van der Waals surface area contributed by atoms with Crippen LogP contribution in [-0.2, 0) is 0 Å². The number of aryl methyl sites for hydroxylation is 1. The van der Waals surface area contributed by atoms with Gasteiger partial charge in [0.2, 0.25) is 0 Å². The van der Waals surface area contributed by atoms with E-state index in [-0.39, 0.29) is 6.04 Å². The molecule has 18 heavy (non-hydrogen) atoms. The van der Waals surface area contributed by atoms with Crippen molar-refractivity contribution in [3.8, 4) is 0 Å². The zero-order chi connectivity index (χ0) is 12.8. The first-order valence-electron chi connectivity index (χ1n) is 7.00. The van der Waals surface area contributed by atoms with E-state index in [1.165, 1.54) is 38.9 Å². The number of nitrogens with one attached hydrogen (secondary N) is 1. The lowest BCUT2D eigenvalue weighted by atomic mass is 10.2. The van der Waals surface area contributed by atoms with Crippen LogP contribution in [0.3, 0.4) is 0 Å². The Balaban J connectivity index is 1.68. The van der Waals surface area contributed by atoms with Gasteiger partial charge in [-0.25, -0.2) is 0 Å². The van der Waals surface area contributed by atoms with E-state index in [0.29, 0.717) is 0 Å². The third kappa shape index (κ3) is 3.75. The maximum absolute atomic E-state index is 4.40. The second kappa shape index (κ2) is 6.81. The van der Waals surface area contributed by atoms with Crippen molar-refractivity contribution in [2.24, 2.45) is 0 Å². The van der Waals surface area contributed by atoms with Crippen LogP contribution >= 0.6 is 0 Å². The Morgan fingerprint density at radius 3 is 2.72 bits per heavy atom. The molecule has 2 heterocycles. The molecule has 0 spiro atoms. The Morgan fingerprint density at radius 1 is 1.28 bits per heavy atom. The van der Waals surface area contributed by atoms with Gasteiger partial charge in [-0.3, -0.25) is 9.97 Å². The quantitative estimate of drug-likeness (QED) is 0.781. The van der Waals surface area contributed by atoms with E-state index in [1.54, 1.807) is 12.4 Å². The van der Waals surface area contributed by atoms with E-state index in [9.17, 15) is 0 Å². The molecular weight excluding hydrogens is 224 g/mol. The summed E-state index contributed by atoms with van der Waals surface area (Å²) in [6.07, 6.45) is 7.48. The fourth-order valence-corrected chi connectivity index (χ4v) is 2.57. The lowest BCUT2D eigenvalue weighted by Gasteiger charge is -2.17. The van der Waals surface area contributed by atoms with Crippen LogP contribution in [0.15, 0.2) is 12.4 Å². The Kier molecular flexibility index (Phi) is 5.08. The summed E-state index contributed by atoms with van der Waals surface area (Å²) in [5, 5.41) is 3.53. The molecule has 0 amide bonds. The van der Waals surface area contributed by atoms with Crippen molar-refractivity contribution in [2.75, 3.05) is 26.2 Å². The van der Waals surface area contributed by atoms with E-state index in [1.807, 2.05) is 6.92 Å². The van der Waals surface area contributed by atoms with E-state index >= 15 is 0 Å². The maximum atomic E-state index is 4.40. The summed E-state index contributed by atoms with van der Waals surface area (Å²) < 4.78 is 0. The molecule has 0 bridgehead atoms. The fraction of sp³-hybridized carbons (Fsp3) is 0.714. The molecule has 100 valence electrons. The molecule has 4 heteroatoms. The van der Waals surface area contributed by atoms with Crippen molar-refractivity contribution in [3.05, 3.63) is 23.8 Å². The van der Waals surface area contributed by atoms with Crippen molar-refractivity contribution >= 4 is 0 Å². The molecule has 1 N–H and O–H groups in total. The Hall–Kier alpha value is -1.00. The molecule has 0 aliphatic carbocycles. The summed E-state index contributed by atoms with van der Waals surface area (Å²) >= 11 is 0. The van der Waals surface area contributed by atoms with E-state index in [4.69, 9.17) is 0 Å². The number of hydrogen-bond acceptors (Lipinski definition) is 4. The minimum absolute atomic E-state index is 0.289.